The quantitative estimate of drug-likeness (QED) is 0.158. The van der Waals surface area contributed by atoms with Crippen LogP contribution in [0.15, 0.2) is 121 Å². The molecule has 5 aromatic carbocycles. The molecular weight excluding hydrogens is 630 g/mol. The summed E-state index contributed by atoms with van der Waals surface area (Å²) in [4.78, 5) is 0. The second-order valence-electron chi connectivity index (χ2n) is 13.5. The predicted octanol–water partition coefficient (Wildman–Crippen LogP) is 11.0. The summed E-state index contributed by atoms with van der Waals surface area (Å²) in [6.07, 6.45) is 11.3. The van der Waals surface area contributed by atoms with E-state index in [1.807, 2.05) is 60.7 Å². The van der Waals surface area contributed by atoms with Crippen molar-refractivity contribution in [3.8, 4) is 11.1 Å². The van der Waals surface area contributed by atoms with Crippen LogP contribution in [0.1, 0.15) is 64.2 Å². The Morgan fingerprint density at radius 3 is 1.68 bits per heavy atom. The van der Waals surface area contributed by atoms with Gasteiger partial charge in [0.2, 0.25) is 0 Å². The van der Waals surface area contributed by atoms with Crippen molar-refractivity contribution in [3.63, 3.8) is 0 Å². The fraction of sp³-hybridized carbons (Fsp3) is 0.286. The summed E-state index contributed by atoms with van der Waals surface area (Å²) in [5.74, 6) is 0. The fourth-order valence-electron chi connectivity index (χ4n) is 8.60. The molecule has 2 aliphatic carbocycles. The smallest absolute Gasteiger partial charge is 0.181 e. The van der Waals surface area contributed by atoms with Crippen LogP contribution in [0, 0.1) is 0 Å². The van der Waals surface area contributed by atoms with Crippen LogP contribution < -0.4 is 20.5 Å². The highest BCUT2D eigenvalue weighted by Crippen LogP contribution is 2.63. The van der Waals surface area contributed by atoms with Gasteiger partial charge in [0, 0.05) is 42.9 Å². The molecule has 5 heteroatoms. The zero-order valence-electron chi connectivity index (χ0n) is 26.9. The molecule has 0 unspecified atom stereocenters. The van der Waals surface area contributed by atoms with Gasteiger partial charge in [0.25, 0.3) is 0 Å². The van der Waals surface area contributed by atoms with Crippen LogP contribution in [0.2, 0.25) is 0 Å². The van der Waals surface area contributed by atoms with Gasteiger partial charge in [-0.05, 0) is 48.1 Å². The van der Waals surface area contributed by atoms with E-state index < -0.39 is 14.3 Å². The minimum absolute atomic E-state index is 0.223. The first kappa shape index (κ1) is 31.1. The molecule has 0 bridgehead atoms. The molecule has 1 heterocycles. The zero-order chi connectivity index (χ0) is 31.8. The zero-order valence-corrected chi connectivity index (χ0v) is 29.5. The number of rotatable bonds is 7. The molecule has 47 heavy (non-hydrogen) atoms. The molecule has 2 aliphatic rings. The third-order valence-corrected chi connectivity index (χ3v) is 20.1. The van der Waals surface area contributed by atoms with Crippen molar-refractivity contribution in [2.75, 3.05) is 0 Å². The first-order valence-electron chi connectivity index (χ1n) is 17.5. The van der Waals surface area contributed by atoms with Gasteiger partial charge in [-0.1, -0.05) is 154 Å². The van der Waals surface area contributed by atoms with Crippen molar-refractivity contribution in [2.45, 2.75) is 75.5 Å². The summed E-state index contributed by atoms with van der Waals surface area (Å²) in [5, 5.41) is 6.18. The first-order chi connectivity index (χ1) is 23.1. The number of thiophene rings is 1. The molecule has 8 rings (SSSR count). The second-order valence-corrected chi connectivity index (χ2v) is 20.9. The van der Waals surface area contributed by atoms with Crippen LogP contribution in [0.4, 0.5) is 0 Å². The van der Waals surface area contributed by atoms with Gasteiger partial charge in [-0.3, -0.25) is 0 Å². The Morgan fingerprint density at radius 1 is 0.532 bits per heavy atom. The van der Waals surface area contributed by atoms with Gasteiger partial charge >= 0.3 is 0 Å². The van der Waals surface area contributed by atoms with Crippen LogP contribution >= 0.6 is 25.6 Å². The van der Waals surface area contributed by atoms with Crippen molar-refractivity contribution in [3.05, 3.63) is 121 Å². The van der Waals surface area contributed by atoms with E-state index in [1.54, 1.807) is 11.3 Å². The monoisotopic (exact) mass is 672 g/mol. The molecule has 1 aromatic heterocycles. The first-order valence-corrected chi connectivity index (χ1v) is 21.8. The SMILES string of the molecule is O=P(c1ccccc1)(c1ccccc1)c1sc2ccc3ccccc3c2c1-c1ccccc1P(=O)(C1CCCCC1)C1CCCCC1. The van der Waals surface area contributed by atoms with Crippen LogP contribution in [0.3, 0.4) is 0 Å². The molecule has 0 radical (unpaired) electrons. The highest BCUT2D eigenvalue weighted by atomic mass is 32.1. The Kier molecular flexibility index (Phi) is 8.60. The summed E-state index contributed by atoms with van der Waals surface area (Å²) in [7, 11) is -6.18. The van der Waals surface area contributed by atoms with Crippen LogP contribution in [0.25, 0.3) is 32.0 Å². The van der Waals surface area contributed by atoms with E-state index >= 15 is 9.13 Å². The Hall–Kier alpha value is -3.22. The molecule has 0 amide bonds. The highest BCUT2D eigenvalue weighted by molar-refractivity contribution is 7.89. The lowest BCUT2D eigenvalue weighted by molar-refractivity contribution is 0.453. The summed E-state index contributed by atoms with van der Waals surface area (Å²) in [6, 6.07) is 41.7. The van der Waals surface area contributed by atoms with E-state index in [2.05, 4.69) is 60.7 Å². The predicted molar refractivity (Wildman–Crippen MR) is 205 cm³/mol. The van der Waals surface area contributed by atoms with Crippen molar-refractivity contribution >= 4 is 67.0 Å². The largest absolute Gasteiger partial charge is 0.318 e. The van der Waals surface area contributed by atoms with E-state index in [0.717, 1.165) is 98.5 Å². The van der Waals surface area contributed by atoms with Gasteiger partial charge in [0.05, 0.1) is 4.62 Å². The number of hydrogen-bond acceptors (Lipinski definition) is 3. The van der Waals surface area contributed by atoms with Crippen molar-refractivity contribution in [1.82, 2.24) is 0 Å². The van der Waals surface area contributed by atoms with Crippen molar-refractivity contribution < 1.29 is 9.13 Å². The average molecular weight is 673 g/mol. The lowest BCUT2D eigenvalue weighted by Gasteiger charge is -2.39. The lowest BCUT2D eigenvalue weighted by Crippen LogP contribution is -2.31. The molecule has 2 fully saturated rings. The van der Waals surface area contributed by atoms with E-state index in [0.29, 0.717) is 0 Å². The molecule has 2 nitrogen and oxygen atoms in total. The third kappa shape index (κ3) is 5.31. The van der Waals surface area contributed by atoms with E-state index in [9.17, 15) is 0 Å². The Morgan fingerprint density at radius 2 is 1.06 bits per heavy atom. The lowest BCUT2D eigenvalue weighted by atomic mass is 9.99. The number of hydrogen-bond donors (Lipinski definition) is 0. The topological polar surface area (TPSA) is 34.1 Å². The number of benzene rings is 5. The fourth-order valence-corrected chi connectivity index (χ4v) is 18.0. The Balaban J connectivity index is 1.49. The van der Waals surface area contributed by atoms with Crippen LogP contribution in [-0.4, -0.2) is 11.3 Å². The van der Waals surface area contributed by atoms with E-state index in [4.69, 9.17) is 0 Å². The van der Waals surface area contributed by atoms with Gasteiger partial charge in [0.15, 0.2) is 7.14 Å². The summed E-state index contributed by atoms with van der Waals surface area (Å²) >= 11 is 1.67. The summed E-state index contributed by atoms with van der Waals surface area (Å²) in [6.45, 7) is 0. The second kappa shape index (κ2) is 13.0. The minimum atomic E-state index is -3.34. The maximum atomic E-state index is 16.3. The minimum Gasteiger partial charge on any atom is -0.318 e. The molecule has 2 saturated carbocycles. The molecule has 6 aromatic rings. The molecule has 238 valence electrons. The van der Waals surface area contributed by atoms with Gasteiger partial charge < -0.3 is 9.13 Å². The van der Waals surface area contributed by atoms with Crippen molar-refractivity contribution in [1.29, 1.82) is 0 Å². The van der Waals surface area contributed by atoms with Gasteiger partial charge in [0.1, 0.15) is 7.14 Å². The van der Waals surface area contributed by atoms with E-state index in [-0.39, 0.29) is 11.3 Å². The molecule has 0 spiro atoms. The molecule has 0 atom stereocenters. The highest BCUT2D eigenvalue weighted by Gasteiger charge is 2.45. The standard InChI is InChI=1S/C42H42O2P2S/c43-45(32-18-5-1-6-19-32,33-20-7-2-8-21-33)38-28-16-15-27-37(38)41-40-36-26-14-13-17-31(36)29-30-39(40)47-42(41)46(44,34-22-9-3-10-23-34)35-24-11-4-12-25-35/h3-4,9-17,22-30,32-33H,1-2,5-8,18-21H2. The Bertz CT molecular complexity index is 2060. The Labute approximate surface area is 283 Å². The van der Waals surface area contributed by atoms with Gasteiger partial charge in [-0.2, -0.15) is 0 Å². The maximum absolute atomic E-state index is 16.3. The molecular formula is C42H42O2P2S. The maximum Gasteiger partial charge on any atom is 0.181 e. The summed E-state index contributed by atoms with van der Waals surface area (Å²) in [5.41, 5.74) is 2.51. The van der Waals surface area contributed by atoms with Gasteiger partial charge in [-0.15, -0.1) is 11.3 Å². The summed E-state index contributed by atoms with van der Waals surface area (Å²) < 4.78 is 34.5. The van der Waals surface area contributed by atoms with Crippen molar-refractivity contribution in [2.24, 2.45) is 0 Å². The van der Waals surface area contributed by atoms with Crippen LogP contribution in [0.5, 0.6) is 0 Å². The number of fused-ring (bicyclic) bond motifs is 3. The average Bonchev–Trinajstić information content (AvgIpc) is 3.56. The third-order valence-electron chi connectivity index (χ3n) is 10.9. The van der Waals surface area contributed by atoms with E-state index in [1.165, 1.54) is 18.2 Å². The molecule has 0 N–H and O–H groups in total. The normalized spacial score (nSPS) is 16.9. The van der Waals surface area contributed by atoms with Crippen LogP contribution in [-0.2, 0) is 9.13 Å². The molecule has 0 aliphatic heterocycles. The van der Waals surface area contributed by atoms with Gasteiger partial charge in [-0.25, -0.2) is 0 Å². The molecule has 0 saturated heterocycles.